The molecule has 0 aliphatic heterocycles. The number of benzene rings is 2. The van der Waals surface area contributed by atoms with E-state index in [0.29, 0.717) is 31.8 Å². The molecule has 2 aromatic carbocycles. The second kappa shape index (κ2) is 8.97. The lowest BCUT2D eigenvalue weighted by molar-refractivity contribution is -0.116. The summed E-state index contributed by atoms with van der Waals surface area (Å²) in [5.74, 6) is 1.38. The highest BCUT2D eigenvalue weighted by Crippen LogP contribution is 2.20. The number of oxazole rings is 1. The van der Waals surface area contributed by atoms with Crippen molar-refractivity contribution in [2.45, 2.75) is 25.9 Å². The zero-order chi connectivity index (χ0) is 18.2. The predicted molar refractivity (Wildman–Crippen MR) is 101 cm³/mol. The van der Waals surface area contributed by atoms with Crippen LogP contribution in [0.3, 0.4) is 0 Å². The first kappa shape index (κ1) is 17.9. The predicted octanol–water partition coefficient (Wildman–Crippen LogP) is 4.45. The molecule has 0 saturated heterocycles. The summed E-state index contributed by atoms with van der Waals surface area (Å²) in [7, 11) is 1.65. The third kappa shape index (κ3) is 5.04. The van der Waals surface area contributed by atoms with E-state index in [1.165, 1.54) is 0 Å². The number of nitrogens with one attached hydrogen (secondary N) is 1. The molecule has 0 saturated carbocycles. The number of amides is 1. The summed E-state index contributed by atoms with van der Waals surface area (Å²) in [5.41, 5.74) is 2.81. The molecule has 5 nitrogen and oxygen atoms in total. The zero-order valence-electron chi connectivity index (χ0n) is 14.8. The van der Waals surface area contributed by atoms with Gasteiger partial charge in [-0.25, -0.2) is 4.98 Å². The van der Waals surface area contributed by atoms with Crippen LogP contribution in [0.25, 0.3) is 11.3 Å². The molecule has 3 aromatic rings. The molecule has 3 rings (SSSR count). The van der Waals surface area contributed by atoms with Gasteiger partial charge in [0, 0.05) is 31.2 Å². The second-order valence-electron chi connectivity index (χ2n) is 6.02. The highest BCUT2D eigenvalue weighted by Gasteiger charge is 2.08. The minimum Gasteiger partial charge on any atom is -0.441 e. The van der Waals surface area contributed by atoms with Crippen molar-refractivity contribution in [3.63, 3.8) is 0 Å². The summed E-state index contributed by atoms with van der Waals surface area (Å²) >= 11 is 0. The van der Waals surface area contributed by atoms with Crippen LogP contribution < -0.4 is 5.32 Å². The molecule has 0 unspecified atom stereocenters. The average Bonchev–Trinajstić information content (AvgIpc) is 3.12. The van der Waals surface area contributed by atoms with Crippen molar-refractivity contribution in [3.05, 3.63) is 72.2 Å². The molecule has 0 bridgehead atoms. The summed E-state index contributed by atoms with van der Waals surface area (Å²) in [5, 5.41) is 2.91. The molecule has 1 amide bonds. The van der Waals surface area contributed by atoms with Gasteiger partial charge in [-0.3, -0.25) is 4.79 Å². The Morgan fingerprint density at radius 1 is 1.15 bits per heavy atom. The maximum atomic E-state index is 12.1. The Hall–Kier alpha value is -2.92. The fourth-order valence-corrected chi connectivity index (χ4v) is 2.69. The Kier molecular flexibility index (Phi) is 6.17. The lowest BCUT2D eigenvalue weighted by Crippen LogP contribution is -2.11. The highest BCUT2D eigenvalue weighted by molar-refractivity contribution is 5.90. The average molecular weight is 350 g/mol. The van der Waals surface area contributed by atoms with Crippen molar-refractivity contribution in [2.24, 2.45) is 0 Å². The van der Waals surface area contributed by atoms with Crippen LogP contribution in [0.15, 0.2) is 65.2 Å². The molecule has 0 radical (unpaired) electrons. The lowest BCUT2D eigenvalue weighted by Gasteiger charge is -2.07. The topological polar surface area (TPSA) is 64.4 Å². The van der Waals surface area contributed by atoms with Gasteiger partial charge in [0.2, 0.25) is 5.91 Å². The molecule has 5 heteroatoms. The van der Waals surface area contributed by atoms with E-state index in [4.69, 9.17) is 9.15 Å². The van der Waals surface area contributed by atoms with Crippen LogP contribution in [0.2, 0.25) is 0 Å². The number of carbonyl (C=O) groups excluding carboxylic acids is 1. The van der Waals surface area contributed by atoms with Gasteiger partial charge in [-0.1, -0.05) is 42.5 Å². The normalized spacial score (nSPS) is 10.7. The third-order valence-electron chi connectivity index (χ3n) is 3.93. The van der Waals surface area contributed by atoms with Gasteiger partial charge >= 0.3 is 0 Å². The number of carbonyl (C=O) groups is 1. The first-order valence-electron chi connectivity index (χ1n) is 8.62. The number of aromatic nitrogens is 1. The van der Waals surface area contributed by atoms with Crippen molar-refractivity contribution < 1.29 is 13.9 Å². The molecule has 134 valence electrons. The van der Waals surface area contributed by atoms with Crippen LogP contribution in [0, 0.1) is 0 Å². The first-order valence-corrected chi connectivity index (χ1v) is 8.62. The van der Waals surface area contributed by atoms with E-state index in [9.17, 15) is 4.79 Å². The Labute approximate surface area is 153 Å². The Balaban J connectivity index is 1.47. The quantitative estimate of drug-likeness (QED) is 0.652. The SMILES string of the molecule is COCc1cccc(NC(=O)CCCc2ncc(-c3ccccc3)o2)c1. The molecule has 0 spiro atoms. The van der Waals surface area contributed by atoms with Crippen molar-refractivity contribution in [1.29, 1.82) is 0 Å². The van der Waals surface area contributed by atoms with Gasteiger partial charge in [0.05, 0.1) is 12.8 Å². The number of methoxy groups -OCH3 is 1. The summed E-state index contributed by atoms with van der Waals surface area (Å²) in [6.45, 7) is 0.525. The fourth-order valence-electron chi connectivity index (χ4n) is 2.69. The minimum atomic E-state index is -0.0191. The van der Waals surface area contributed by atoms with Gasteiger partial charge in [-0.2, -0.15) is 0 Å². The van der Waals surface area contributed by atoms with Gasteiger partial charge in [0.25, 0.3) is 0 Å². The summed E-state index contributed by atoms with van der Waals surface area (Å²) in [4.78, 5) is 16.4. The molecular weight excluding hydrogens is 328 g/mol. The van der Waals surface area contributed by atoms with Crippen LogP contribution in [-0.2, 0) is 22.6 Å². The second-order valence-corrected chi connectivity index (χ2v) is 6.02. The maximum Gasteiger partial charge on any atom is 0.224 e. The van der Waals surface area contributed by atoms with Gasteiger partial charge in [-0.15, -0.1) is 0 Å². The van der Waals surface area contributed by atoms with Crippen LogP contribution in [0.4, 0.5) is 5.69 Å². The Morgan fingerprint density at radius 3 is 2.81 bits per heavy atom. The molecule has 0 fully saturated rings. The van der Waals surface area contributed by atoms with Crippen LogP contribution in [0.5, 0.6) is 0 Å². The van der Waals surface area contributed by atoms with Crippen molar-refractivity contribution in [2.75, 3.05) is 12.4 Å². The molecule has 1 aromatic heterocycles. The van der Waals surface area contributed by atoms with E-state index in [-0.39, 0.29) is 5.91 Å². The fraction of sp³-hybridized carbons (Fsp3) is 0.238. The number of anilines is 1. The summed E-state index contributed by atoms with van der Waals surface area (Å²) in [6, 6.07) is 17.5. The van der Waals surface area contributed by atoms with Crippen LogP contribution >= 0.6 is 0 Å². The number of ether oxygens (including phenoxy) is 1. The summed E-state index contributed by atoms with van der Waals surface area (Å²) < 4.78 is 10.9. The molecule has 1 N–H and O–H groups in total. The van der Waals surface area contributed by atoms with Crippen molar-refractivity contribution in [3.8, 4) is 11.3 Å². The number of nitrogens with zero attached hydrogens (tertiary/aromatic N) is 1. The molecular formula is C21H22N2O3. The largest absolute Gasteiger partial charge is 0.441 e. The number of hydrogen-bond donors (Lipinski definition) is 1. The highest BCUT2D eigenvalue weighted by atomic mass is 16.5. The number of rotatable bonds is 8. The van der Waals surface area contributed by atoms with Crippen LogP contribution in [-0.4, -0.2) is 18.0 Å². The minimum absolute atomic E-state index is 0.0191. The Bertz CT molecular complexity index is 843. The van der Waals surface area contributed by atoms with E-state index in [0.717, 1.165) is 22.6 Å². The smallest absolute Gasteiger partial charge is 0.224 e. The lowest BCUT2D eigenvalue weighted by atomic mass is 10.2. The van der Waals surface area contributed by atoms with E-state index in [1.54, 1.807) is 13.3 Å². The van der Waals surface area contributed by atoms with E-state index < -0.39 is 0 Å². The summed E-state index contributed by atoms with van der Waals surface area (Å²) in [6.07, 6.45) is 3.45. The van der Waals surface area contributed by atoms with Gasteiger partial charge < -0.3 is 14.5 Å². The van der Waals surface area contributed by atoms with Gasteiger partial charge in [0.15, 0.2) is 11.7 Å². The maximum absolute atomic E-state index is 12.1. The third-order valence-corrected chi connectivity index (χ3v) is 3.93. The standard InChI is InChI=1S/C21H22N2O3/c1-25-15-16-7-5-10-18(13-16)23-20(24)11-6-12-21-22-14-19(26-21)17-8-3-2-4-9-17/h2-5,7-10,13-14H,6,11-12,15H2,1H3,(H,23,24). The zero-order valence-corrected chi connectivity index (χ0v) is 14.8. The van der Waals surface area contributed by atoms with E-state index in [1.807, 2.05) is 54.6 Å². The first-order chi connectivity index (χ1) is 12.7. The Morgan fingerprint density at radius 2 is 2.00 bits per heavy atom. The molecule has 0 aliphatic rings. The van der Waals surface area contributed by atoms with Gasteiger partial charge in [0.1, 0.15) is 0 Å². The van der Waals surface area contributed by atoms with E-state index in [2.05, 4.69) is 10.3 Å². The number of aryl methyl sites for hydroxylation is 1. The van der Waals surface area contributed by atoms with Crippen LogP contribution in [0.1, 0.15) is 24.3 Å². The monoisotopic (exact) mass is 350 g/mol. The van der Waals surface area contributed by atoms with E-state index >= 15 is 0 Å². The van der Waals surface area contributed by atoms with Crippen molar-refractivity contribution >= 4 is 11.6 Å². The van der Waals surface area contributed by atoms with Gasteiger partial charge in [-0.05, 0) is 24.1 Å². The van der Waals surface area contributed by atoms with Crippen molar-refractivity contribution in [1.82, 2.24) is 4.98 Å². The molecule has 0 atom stereocenters. The molecule has 0 aliphatic carbocycles. The number of hydrogen-bond acceptors (Lipinski definition) is 4. The molecule has 1 heterocycles. The molecule has 26 heavy (non-hydrogen) atoms.